The van der Waals surface area contributed by atoms with Crippen molar-refractivity contribution in [1.29, 1.82) is 0 Å². The van der Waals surface area contributed by atoms with Gasteiger partial charge in [-0.2, -0.15) is 0 Å². The lowest BCUT2D eigenvalue weighted by Gasteiger charge is -2.07. The molecule has 0 aliphatic rings. The number of pyridine rings is 1. The smallest absolute Gasteiger partial charge is 0.177 e. The van der Waals surface area contributed by atoms with Gasteiger partial charge in [-0.3, -0.25) is 0 Å². The van der Waals surface area contributed by atoms with Crippen LogP contribution in [-0.4, -0.2) is 21.5 Å². The average molecular weight is 232 g/mol. The summed E-state index contributed by atoms with van der Waals surface area (Å²) in [5.74, 6) is 1.69. The zero-order chi connectivity index (χ0) is 12.3. The van der Waals surface area contributed by atoms with Gasteiger partial charge in [0.2, 0.25) is 0 Å². The Balaban J connectivity index is 2.04. The van der Waals surface area contributed by atoms with Gasteiger partial charge in [-0.05, 0) is 44.4 Å². The summed E-state index contributed by atoms with van der Waals surface area (Å²) in [4.78, 5) is 12.2. The van der Waals surface area contributed by atoms with Crippen molar-refractivity contribution in [3.05, 3.63) is 23.7 Å². The van der Waals surface area contributed by atoms with E-state index in [0.717, 1.165) is 48.5 Å². The van der Waals surface area contributed by atoms with Gasteiger partial charge < -0.3 is 10.7 Å². The number of aromatic nitrogens is 3. The SMILES string of the molecule is Cc1ccc2[nH]c(CCC(C)CCN)nc2n1. The Kier molecular flexibility index (Phi) is 3.74. The molecule has 1 atom stereocenters. The fraction of sp³-hybridized carbons (Fsp3) is 0.538. The summed E-state index contributed by atoms with van der Waals surface area (Å²) in [6, 6.07) is 4.04. The number of nitrogens with one attached hydrogen (secondary N) is 1. The van der Waals surface area contributed by atoms with Crippen LogP contribution in [0.1, 0.15) is 31.3 Å². The fourth-order valence-electron chi connectivity index (χ4n) is 1.97. The first kappa shape index (κ1) is 12.0. The van der Waals surface area contributed by atoms with Crippen LogP contribution in [0.5, 0.6) is 0 Å². The normalized spacial score (nSPS) is 13.1. The highest BCUT2D eigenvalue weighted by Gasteiger charge is 2.06. The molecule has 4 heteroatoms. The highest BCUT2D eigenvalue weighted by Crippen LogP contribution is 2.14. The van der Waals surface area contributed by atoms with Crippen LogP contribution in [0.4, 0.5) is 0 Å². The maximum absolute atomic E-state index is 5.54. The van der Waals surface area contributed by atoms with Gasteiger partial charge in [0.25, 0.3) is 0 Å². The summed E-state index contributed by atoms with van der Waals surface area (Å²) < 4.78 is 0. The molecule has 2 heterocycles. The zero-order valence-corrected chi connectivity index (χ0v) is 10.5. The van der Waals surface area contributed by atoms with Crippen LogP contribution in [0.3, 0.4) is 0 Å². The van der Waals surface area contributed by atoms with E-state index in [1.54, 1.807) is 0 Å². The molecule has 0 saturated carbocycles. The van der Waals surface area contributed by atoms with Crippen molar-refractivity contribution in [2.45, 2.75) is 33.1 Å². The summed E-state index contributed by atoms with van der Waals surface area (Å²) in [7, 11) is 0. The molecule has 0 amide bonds. The van der Waals surface area contributed by atoms with Gasteiger partial charge in [0.1, 0.15) is 5.82 Å². The second-order valence-electron chi connectivity index (χ2n) is 4.73. The van der Waals surface area contributed by atoms with Crippen LogP contribution >= 0.6 is 0 Å². The number of H-pyrrole nitrogens is 1. The molecule has 0 spiro atoms. The van der Waals surface area contributed by atoms with Gasteiger partial charge in [0.05, 0.1) is 5.52 Å². The molecular formula is C13H20N4. The minimum atomic E-state index is 0.655. The third-order valence-corrected chi connectivity index (χ3v) is 3.07. The number of aromatic amines is 1. The predicted molar refractivity (Wildman–Crippen MR) is 69.8 cm³/mol. The standard InChI is InChI=1S/C13H20N4/c1-9(7-8-14)3-6-12-16-11-5-4-10(2)15-13(11)17-12/h4-5,9H,3,6-8,14H2,1-2H3,(H,15,16,17). The number of imidazole rings is 1. The quantitative estimate of drug-likeness (QED) is 0.830. The fourth-order valence-corrected chi connectivity index (χ4v) is 1.97. The number of fused-ring (bicyclic) bond motifs is 1. The number of hydrogen-bond donors (Lipinski definition) is 2. The maximum Gasteiger partial charge on any atom is 0.177 e. The molecular weight excluding hydrogens is 212 g/mol. The van der Waals surface area contributed by atoms with E-state index in [1.165, 1.54) is 0 Å². The third kappa shape index (κ3) is 3.03. The summed E-state index contributed by atoms with van der Waals surface area (Å²) in [6.45, 7) is 4.98. The molecule has 0 bridgehead atoms. The van der Waals surface area contributed by atoms with E-state index in [-0.39, 0.29) is 0 Å². The van der Waals surface area contributed by atoms with Crippen LogP contribution in [0, 0.1) is 12.8 Å². The van der Waals surface area contributed by atoms with E-state index in [1.807, 2.05) is 19.1 Å². The second kappa shape index (κ2) is 5.27. The lowest BCUT2D eigenvalue weighted by Crippen LogP contribution is -2.06. The molecule has 0 aliphatic carbocycles. The minimum Gasteiger partial charge on any atom is -0.341 e. The van der Waals surface area contributed by atoms with Gasteiger partial charge in [-0.1, -0.05) is 6.92 Å². The van der Waals surface area contributed by atoms with Crippen molar-refractivity contribution in [2.24, 2.45) is 11.7 Å². The molecule has 92 valence electrons. The van der Waals surface area contributed by atoms with Crippen LogP contribution in [0.25, 0.3) is 11.2 Å². The van der Waals surface area contributed by atoms with E-state index < -0.39 is 0 Å². The first-order valence-corrected chi connectivity index (χ1v) is 6.21. The highest BCUT2D eigenvalue weighted by molar-refractivity contribution is 5.70. The van der Waals surface area contributed by atoms with Gasteiger partial charge in [-0.25, -0.2) is 9.97 Å². The van der Waals surface area contributed by atoms with Crippen LogP contribution in [0.15, 0.2) is 12.1 Å². The summed E-state index contributed by atoms with van der Waals surface area (Å²) in [6.07, 6.45) is 3.17. The average Bonchev–Trinajstić information content (AvgIpc) is 2.68. The first-order chi connectivity index (χ1) is 8.19. The lowest BCUT2D eigenvalue weighted by atomic mass is 10.0. The van der Waals surface area contributed by atoms with Gasteiger partial charge in [-0.15, -0.1) is 0 Å². The van der Waals surface area contributed by atoms with Crippen LogP contribution in [0.2, 0.25) is 0 Å². The Morgan fingerprint density at radius 1 is 1.29 bits per heavy atom. The topological polar surface area (TPSA) is 67.6 Å². The number of nitrogens with two attached hydrogens (primary N) is 1. The molecule has 17 heavy (non-hydrogen) atoms. The molecule has 1 unspecified atom stereocenters. The van der Waals surface area contributed by atoms with E-state index in [9.17, 15) is 0 Å². The Hall–Kier alpha value is -1.42. The molecule has 0 aromatic carbocycles. The molecule has 2 aromatic heterocycles. The molecule has 3 N–H and O–H groups in total. The molecule has 0 radical (unpaired) electrons. The van der Waals surface area contributed by atoms with Crippen LogP contribution < -0.4 is 5.73 Å². The predicted octanol–water partition coefficient (Wildman–Crippen LogP) is 2.18. The molecule has 0 fully saturated rings. The Morgan fingerprint density at radius 3 is 2.88 bits per heavy atom. The Bertz CT molecular complexity index is 489. The summed E-state index contributed by atoms with van der Waals surface area (Å²) >= 11 is 0. The number of rotatable bonds is 5. The first-order valence-electron chi connectivity index (χ1n) is 6.21. The van der Waals surface area contributed by atoms with Crippen LogP contribution in [-0.2, 0) is 6.42 Å². The summed E-state index contributed by atoms with van der Waals surface area (Å²) in [5, 5.41) is 0. The molecule has 2 aromatic rings. The second-order valence-corrected chi connectivity index (χ2v) is 4.73. The van der Waals surface area contributed by atoms with E-state index >= 15 is 0 Å². The summed E-state index contributed by atoms with van der Waals surface area (Å²) in [5.41, 5.74) is 8.40. The third-order valence-electron chi connectivity index (χ3n) is 3.07. The molecule has 2 rings (SSSR count). The molecule has 0 saturated heterocycles. The maximum atomic E-state index is 5.54. The Morgan fingerprint density at radius 2 is 2.12 bits per heavy atom. The van der Waals surface area contributed by atoms with E-state index in [0.29, 0.717) is 5.92 Å². The molecule has 0 aliphatic heterocycles. The monoisotopic (exact) mass is 232 g/mol. The largest absolute Gasteiger partial charge is 0.341 e. The van der Waals surface area contributed by atoms with Gasteiger partial charge in [0.15, 0.2) is 5.65 Å². The number of nitrogens with zero attached hydrogens (tertiary/aromatic N) is 2. The Labute approximate surface area is 102 Å². The van der Waals surface area contributed by atoms with Crippen molar-refractivity contribution in [3.63, 3.8) is 0 Å². The highest BCUT2D eigenvalue weighted by atomic mass is 15.0. The van der Waals surface area contributed by atoms with Crippen molar-refractivity contribution in [1.82, 2.24) is 15.0 Å². The zero-order valence-electron chi connectivity index (χ0n) is 10.5. The lowest BCUT2D eigenvalue weighted by molar-refractivity contribution is 0.495. The number of aryl methyl sites for hydroxylation is 2. The minimum absolute atomic E-state index is 0.655. The van der Waals surface area contributed by atoms with E-state index in [4.69, 9.17) is 5.73 Å². The molecule has 4 nitrogen and oxygen atoms in total. The van der Waals surface area contributed by atoms with Gasteiger partial charge >= 0.3 is 0 Å². The van der Waals surface area contributed by atoms with Crippen molar-refractivity contribution >= 4 is 11.2 Å². The van der Waals surface area contributed by atoms with Crippen molar-refractivity contribution in [2.75, 3.05) is 6.54 Å². The van der Waals surface area contributed by atoms with Gasteiger partial charge in [0, 0.05) is 12.1 Å². The number of hydrogen-bond acceptors (Lipinski definition) is 3. The van der Waals surface area contributed by atoms with Crippen molar-refractivity contribution in [3.8, 4) is 0 Å². The van der Waals surface area contributed by atoms with Crippen molar-refractivity contribution < 1.29 is 0 Å². The van der Waals surface area contributed by atoms with E-state index in [2.05, 4.69) is 21.9 Å².